The number of rotatable bonds is 7. The molecule has 0 aliphatic heterocycles. The first-order chi connectivity index (χ1) is 13.4. The molecule has 2 N–H and O–H groups in total. The van der Waals surface area contributed by atoms with Gasteiger partial charge in [0.15, 0.2) is 0 Å². The predicted molar refractivity (Wildman–Crippen MR) is 106 cm³/mol. The van der Waals surface area contributed by atoms with E-state index >= 15 is 0 Å². The average molecular weight is 381 g/mol. The van der Waals surface area contributed by atoms with Gasteiger partial charge in [0.05, 0.1) is 18.5 Å². The van der Waals surface area contributed by atoms with Gasteiger partial charge in [-0.2, -0.15) is 0 Å². The van der Waals surface area contributed by atoms with E-state index in [1.165, 1.54) is 16.7 Å². The summed E-state index contributed by atoms with van der Waals surface area (Å²) in [6.07, 6.45) is 1.79. The number of aliphatic carboxylic acids is 1. The van der Waals surface area contributed by atoms with Crippen LogP contribution < -0.4 is 4.74 Å². The number of aromatic nitrogens is 1. The lowest BCUT2D eigenvalue weighted by molar-refractivity contribution is -0.136. The summed E-state index contributed by atoms with van der Waals surface area (Å²) in [7, 11) is 0. The molecule has 0 saturated carbocycles. The van der Waals surface area contributed by atoms with Crippen LogP contribution in [-0.2, 0) is 11.2 Å². The number of carbonyl (C=O) groups excluding carboxylic acids is 1. The van der Waals surface area contributed by atoms with Crippen LogP contribution in [0.1, 0.15) is 41.4 Å². The second-order valence-electron chi connectivity index (χ2n) is 6.70. The molecule has 0 fully saturated rings. The molecular weight excluding hydrogens is 358 g/mol. The van der Waals surface area contributed by atoms with E-state index in [2.05, 4.69) is 6.92 Å². The van der Waals surface area contributed by atoms with E-state index in [1.807, 2.05) is 0 Å². The molecule has 3 rings (SSSR count). The van der Waals surface area contributed by atoms with Crippen molar-refractivity contribution in [3.63, 3.8) is 0 Å². The molecule has 0 spiro atoms. The fraction of sp³-hybridized carbons (Fsp3) is 0.273. The molecule has 0 unspecified atom stereocenters. The maximum absolute atomic E-state index is 13.1. The van der Waals surface area contributed by atoms with Crippen LogP contribution in [0.3, 0.4) is 0 Å². The highest BCUT2D eigenvalue weighted by Gasteiger charge is 2.21. The Morgan fingerprint density at radius 2 is 1.82 bits per heavy atom. The Bertz CT molecular complexity index is 1020. The summed E-state index contributed by atoms with van der Waals surface area (Å²) in [5.74, 6) is -0.524. The minimum Gasteiger partial charge on any atom is -0.508 e. The molecule has 0 aliphatic carbocycles. The summed E-state index contributed by atoms with van der Waals surface area (Å²) in [5, 5.41) is 19.6. The number of ether oxygens (including phenoxy) is 1. The first-order valence-corrected chi connectivity index (χ1v) is 9.24. The van der Waals surface area contributed by atoms with Gasteiger partial charge in [-0.3, -0.25) is 14.2 Å². The minimum absolute atomic E-state index is 0.0253. The molecule has 6 heteroatoms. The number of unbranched alkanes of at least 4 members (excludes halogenated alkanes) is 1. The third kappa shape index (κ3) is 3.86. The molecule has 1 heterocycles. The van der Waals surface area contributed by atoms with Crippen LogP contribution in [0, 0.1) is 6.92 Å². The van der Waals surface area contributed by atoms with Gasteiger partial charge in [-0.25, -0.2) is 0 Å². The van der Waals surface area contributed by atoms with Gasteiger partial charge in [-0.1, -0.05) is 13.3 Å². The summed E-state index contributed by atoms with van der Waals surface area (Å²) in [6.45, 7) is 4.44. The van der Waals surface area contributed by atoms with E-state index in [9.17, 15) is 19.8 Å². The number of phenolic OH excluding ortho intramolecular Hbond substituents is 1. The second-order valence-corrected chi connectivity index (χ2v) is 6.70. The van der Waals surface area contributed by atoms with Crippen LogP contribution in [0.25, 0.3) is 10.9 Å². The number of carboxylic acids is 1. The van der Waals surface area contributed by atoms with Crippen LogP contribution in [-0.4, -0.2) is 33.3 Å². The zero-order valence-electron chi connectivity index (χ0n) is 15.9. The van der Waals surface area contributed by atoms with E-state index < -0.39 is 5.97 Å². The number of hydrogen-bond acceptors (Lipinski definition) is 4. The normalized spacial score (nSPS) is 10.9. The SMILES string of the molecule is CCCCOc1ccc(C(=O)n2c(C)c(CC(=O)O)c3cc(O)ccc32)cc1. The third-order valence-corrected chi connectivity index (χ3v) is 4.72. The van der Waals surface area contributed by atoms with Crippen molar-refractivity contribution in [3.8, 4) is 11.5 Å². The highest BCUT2D eigenvalue weighted by molar-refractivity contribution is 6.05. The van der Waals surface area contributed by atoms with Crippen molar-refractivity contribution in [3.05, 3.63) is 59.3 Å². The fourth-order valence-electron chi connectivity index (χ4n) is 3.26. The van der Waals surface area contributed by atoms with E-state index in [1.54, 1.807) is 37.3 Å². The van der Waals surface area contributed by atoms with Crippen molar-refractivity contribution in [2.75, 3.05) is 6.61 Å². The summed E-state index contributed by atoms with van der Waals surface area (Å²) < 4.78 is 7.13. The Labute approximate surface area is 163 Å². The van der Waals surface area contributed by atoms with E-state index in [0.29, 0.717) is 40.1 Å². The van der Waals surface area contributed by atoms with Crippen molar-refractivity contribution < 1.29 is 24.5 Å². The third-order valence-electron chi connectivity index (χ3n) is 4.72. The number of aromatic hydroxyl groups is 1. The summed E-state index contributed by atoms with van der Waals surface area (Å²) >= 11 is 0. The zero-order valence-corrected chi connectivity index (χ0v) is 15.9. The Kier molecular flexibility index (Phi) is 5.68. The highest BCUT2D eigenvalue weighted by atomic mass is 16.5. The standard InChI is InChI=1S/C22H23NO5/c1-3-4-11-28-17-8-5-15(6-9-17)22(27)23-14(2)18(13-21(25)26)19-12-16(24)7-10-20(19)23/h5-10,12,24H,3-4,11,13H2,1-2H3,(H,25,26). The molecule has 0 aliphatic rings. The van der Waals surface area contributed by atoms with Crippen LogP contribution in [0.15, 0.2) is 42.5 Å². The molecule has 28 heavy (non-hydrogen) atoms. The minimum atomic E-state index is -0.994. The van der Waals surface area contributed by atoms with Crippen LogP contribution in [0.5, 0.6) is 11.5 Å². The maximum Gasteiger partial charge on any atom is 0.307 e. The summed E-state index contributed by atoms with van der Waals surface area (Å²) in [5.41, 5.74) is 2.11. The Balaban J connectivity index is 1.99. The molecule has 2 aromatic carbocycles. The van der Waals surface area contributed by atoms with Gasteiger partial charge in [0.25, 0.3) is 5.91 Å². The Morgan fingerprint density at radius 3 is 2.46 bits per heavy atom. The number of fused-ring (bicyclic) bond motifs is 1. The number of carbonyl (C=O) groups is 2. The smallest absolute Gasteiger partial charge is 0.307 e. The largest absolute Gasteiger partial charge is 0.508 e. The molecule has 3 aromatic rings. The number of nitrogens with zero attached hydrogens (tertiary/aromatic N) is 1. The lowest BCUT2D eigenvalue weighted by Crippen LogP contribution is -2.14. The van der Waals surface area contributed by atoms with E-state index in [0.717, 1.165) is 12.8 Å². The van der Waals surface area contributed by atoms with Gasteiger partial charge in [0.1, 0.15) is 11.5 Å². The first kappa shape index (κ1) is 19.5. The number of phenols is 1. The lowest BCUT2D eigenvalue weighted by atomic mass is 10.1. The monoisotopic (exact) mass is 381 g/mol. The average Bonchev–Trinajstić information content (AvgIpc) is 2.93. The summed E-state index contributed by atoms with van der Waals surface area (Å²) in [4.78, 5) is 24.4. The van der Waals surface area contributed by atoms with Gasteiger partial charge in [-0.15, -0.1) is 0 Å². The van der Waals surface area contributed by atoms with Gasteiger partial charge in [-0.05, 0) is 61.4 Å². The van der Waals surface area contributed by atoms with Crippen molar-refractivity contribution in [2.45, 2.75) is 33.1 Å². The highest BCUT2D eigenvalue weighted by Crippen LogP contribution is 2.30. The fourth-order valence-corrected chi connectivity index (χ4v) is 3.26. The molecule has 1 aromatic heterocycles. The van der Waals surface area contributed by atoms with Gasteiger partial charge in [0.2, 0.25) is 0 Å². The van der Waals surface area contributed by atoms with Crippen molar-refractivity contribution >= 4 is 22.8 Å². The molecule has 6 nitrogen and oxygen atoms in total. The topological polar surface area (TPSA) is 88.8 Å². The molecule has 0 saturated heterocycles. The van der Waals surface area contributed by atoms with Crippen molar-refractivity contribution in [1.82, 2.24) is 4.57 Å². The molecule has 0 bridgehead atoms. The van der Waals surface area contributed by atoms with Crippen LogP contribution >= 0.6 is 0 Å². The number of hydrogen-bond donors (Lipinski definition) is 2. The first-order valence-electron chi connectivity index (χ1n) is 9.24. The molecule has 146 valence electrons. The van der Waals surface area contributed by atoms with Crippen LogP contribution in [0.2, 0.25) is 0 Å². The molecule has 0 amide bonds. The summed E-state index contributed by atoms with van der Waals surface area (Å²) in [6, 6.07) is 11.5. The lowest BCUT2D eigenvalue weighted by Gasteiger charge is -2.09. The maximum atomic E-state index is 13.1. The quantitative estimate of drug-likeness (QED) is 0.600. The zero-order chi connectivity index (χ0) is 20.3. The second kappa shape index (κ2) is 8.17. The Hall–Kier alpha value is -3.28. The molecule has 0 atom stereocenters. The van der Waals surface area contributed by atoms with Gasteiger partial charge in [0, 0.05) is 16.6 Å². The molecule has 0 radical (unpaired) electrons. The number of benzene rings is 2. The van der Waals surface area contributed by atoms with E-state index in [4.69, 9.17) is 4.74 Å². The van der Waals surface area contributed by atoms with Crippen LogP contribution in [0.4, 0.5) is 0 Å². The van der Waals surface area contributed by atoms with Crippen molar-refractivity contribution in [2.24, 2.45) is 0 Å². The number of carboxylic acid groups (broad SMARTS) is 1. The van der Waals surface area contributed by atoms with Gasteiger partial charge < -0.3 is 14.9 Å². The van der Waals surface area contributed by atoms with E-state index in [-0.39, 0.29) is 18.1 Å². The molecular formula is C22H23NO5. The Morgan fingerprint density at radius 1 is 1.11 bits per heavy atom. The van der Waals surface area contributed by atoms with Gasteiger partial charge >= 0.3 is 5.97 Å². The van der Waals surface area contributed by atoms with Crippen molar-refractivity contribution in [1.29, 1.82) is 0 Å². The predicted octanol–water partition coefficient (Wildman–Crippen LogP) is 4.15.